The molecule has 0 saturated heterocycles. The molecule has 0 bridgehead atoms. The van der Waals surface area contributed by atoms with Gasteiger partial charge in [-0.05, 0) is 36.2 Å². The van der Waals surface area contributed by atoms with Gasteiger partial charge in [0.05, 0.1) is 0 Å². The third-order valence-corrected chi connectivity index (χ3v) is 3.52. The molecule has 0 amide bonds. The number of nitrogens with two attached hydrogens (primary N) is 1. The summed E-state index contributed by atoms with van der Waals surface area (Å²) in [6.07, 6.45) is 4.81. The number of pyridine rings is 1. The number of aromatic amines is 1. The van der Waals surface area contributed by atoms with Crippen LogP contribution in [-0.2, 0) is 0 Å². The largest absolute Gasteiger partial charge is 0.346 e. The van der Waals surface area contributed by atoms with E-state index < -0.39 is 0 Å². The van der Waals surface area contributed by atoms with Crippen LogP contribution in [0.4, 0.5) is 0 Å². The molecule has 1 aromatic carbocycles. The van der Waals surface area contributed by atoms with Gasteiger partial charge in [-0.3, -0.25) is 0 Å². The molecule has 2 aromatic heterocycles. The minimum atomic E-state index is 0.323. The Morgan fingerprint density at radius 1 is 1.11 bits per heavy atom. The SMILES string of the molecule is NCCC(c1ccccc1)c1c[nH]c2ncccc12. The van der Waals surface area contributed by atoms with Crippen LogP contribution in [0.5, 0.6) is 0 Å². The Balaban J connectivity index is 2.10. The van der Waals surface area contributed by atoms with Crippen LogP contribution in [0, 0.1) is 0 Å². The van der Waals surface area contributed by atoms with E-state index in [1.54, 1.807) is 0 Å². The zero-order chi connectivity index (χ0) is 13.1. The van der Waals surface area contributed by atoms with Crippen molar-refractivity contribution in [3.63, 3.8) is 0 Å². The van der Waals surface area contributed by atoms with Crippen LogP contribution in [-0.4, -0.2) is 16.5 Å². The molecular formula is C16H17N3. The third-order valence-electron chi connectivity index (χ3n) is 3.52. The van der Waals surface area contributed by atoms with E-state index in [1.807, 2.05) is 18.3 Å². The summed E-state index contributed by atoms with van der Waals surface area (Å²) in [7, 11) is 0. The first-order chi connectivity index (χ1) is 9.40. The van der Waals surface area contributed by atoms with E-state index >= 15 is 0 Å². The van der Waals surface area contributed by atoms with Crippen LogP contribution in [0.15, 0.2) is 54.9 Å². The summed E-state index contributed by atoms with van der Waals surface area (Å²) in [6, 6.07) is 14.6. The molecule has 0 saturated carbocycles. The Hall–Kier alpha value is -2.13. The number of rotatable bonds is 4. The number of hydrogen-bond donors (Lipinski definition) is 2. The van der Waals surface area contributed by atoms with Gasteiger partial charge in [-0.1, -0.05) is 30.3 Å². The molecule has 1 atom stereocenters. The van der Waals surface area contributed by atoms with Crippen molar-refractivity contribution in [2.75, 3.05) is 6.54 Å². The van der Waals surface area contributed by atoms with Gasteiger partial charge in [0.25, 0.3) is 0 Å². The van der Waals surface area contributed by atoms with Crippen molar-refractivity contribution in [1.82, 2.24) is 9.97 Å². The van der Waals surface area contributed by atoms with Crippen molar-refractivity contribution < 1.29 is 0 Å². The Morgan fingerprint density at radius 3 is 2.74 bits per heavy atom. The molecule has 0 fully saturated rings. The maximum Gasteiger partial charge on any atom is 0.137 e. The molecule has 0 aliphatic carbocycles. The van der Waals surface area contributed by atoms with Crippen molar-refractivity contribution in [1.29, 1.82) is 0 Å². The van der Waals surface area contributed by atoms with Gasteiger partial charge in [0.15, 0.2) is 0 Å². The first-order valence-corrected chi connectivity index (χ1v) is 6.57. The molecule has 1 unspecified atom stereocenters. The second-order valence-electron chi connectivity index (χ2n) is 4.68. The fourth-order valence-electron chi connectivity index (χ4n) is 2.62. The van der Waals surface area contributed by atoms with E-state index in [4.69, 9.17) is 5.73 Å². The first-order valence-electron chi connectivity index (χ1n) is 6.57. The highest BCUT2D eigenvalue weighted by Gasteiger charge is 2.17. The minimum Gasteiger partial charge on any atom is -0.346 e. The van der Waals surface area contributed by atoms with E-state index in [0.717, 1.165) is 12.1 Å². The number of H-pyrrole nitrogens is 1. The average molecular weight is 251 g/mol. The van der Waals surface area contributed by atoms with E-state index in [-0.39, 0.29) is 0 Å². The van der Waals surface area contributed by atoms with E-state index in [9.17, 15) is 0 Å². The first kappa shape index (κ1) is 11.9. The number of hydrogen-bond acceptors (Lipinski definition) is 2. The number of nitrogens with zero attached hydrogens (tertiary/aromatic N) is 1. The van der Waals surface area contributed by atoms with Crippen LogP contribution in [0.1, 0.15) is 23.5 Å². The van der Waals surface area contributed by atoms with Crippen LogP contribution in [0.3, 0.4) is 0 Å². The molecule has 0 aliphatic rings. The van der Waals surface area contributed by atoms with Gasteiger partial charge < -0.3 is 10.7 Å². The predicted octanol–water partition coefficient (Wildman–Crippen LogP) is 3.04. The highest BCUT2D eigenvalue weighted by molar-refractivity contribution is 5.80. The molecule has 3 heteroatoms. The van der Waals surface area contributed by atoms with Gasteiger partial charge in [-0.2, -0.15) is 0 Å². The summed E-state index contributed by atoms with van der Waals surface area (Å²) in [5.74, 6) is 0.323. The summed E-state index contributed by atoms with van der Waals surface area (Å²) in [5.41, 5.74) is 9.31. The van der Waals surface area contributed by atoms with Crippen molar-refractivity contribution >= 4 is 11.0 Å². The molecule has 0 spiro atoms. The minimum absolute atomic E-state index is 0.323. The second-order valence-corrected chi connectivity index (χ2v) is 4.68. The lowest BCUT2D eigenvalue weighted by molar-refractivity contribution is 0.731. The van der Waals surface area contributed by atoms with Crippen molar-refractivity contribution in [2.24, 2.45) is 5.73 Å². The highest BCUT2D eigenvalue weighted by atomic mass is 14.8. The Bertz CT molecular complexity index is 658. The lowest BCUT2D eigenvalue weighted by Gasteiger charge is -2.16. The molecular weight excluding hydrogens is 234 g/mol. The summed E-state index contributed by atoms with van der Waals surface area (Å²) < 4.78 is 0. The van der Waals surface area contributed by atoms with Gasteiger partial charge >= 0.3 is 0 Å². The number of benzene rings is 1. The normalized spacial score (nSPS) is 12.7. The summed E-state index contributed by atoms with van der Waals surface area (Å²) >= 11 is 0. The Labute approximate surface area is 112 Å². The smallest absolute Gasteiger partial charge is 0.137 e. The zero-order valence-electron chi connectivity index (χ0n) is 10.7. The van der Waals surface area contributed by atoms with Crippen molar-refractivity contribution in [3.8, 4) is 0 Å². The van der Waals surface area contributed by atoms with Gasteiger partial charge in [-0.15, -0.1) is 0 Å². The molecule has 96 valence electrons. The molecule has 2 heterocycles. The van der Waals surface area contributed by atoms with E-state index in [2.05, 4.69) is 46.5 Å². The van der Waals surface area contributed by atoms with Crippen LogP contribution < -0.4 is 5.73 Å². The van der Waals surface area contributed by atoms with Crippen molar-refractivity contribution in [2.45, 2.75) is 12.3 Å². The Morgan fingerprint density at radius 2 is 1.95 bits per heavy atom. The monoisotopic (exact) mass is 251 g/mol. The molecule has 19 heavy (non-hydrogen) atoms. The second kappa shape index (κ2) is 5.24. The number of nitrogens with one attached hydrogen (secondary N) is 1. The Kier molecular flexibility index (Phi) is 3.29. The average Bonchev–Trinajstić information content (AvgIpc) is 2.89. The predicted molar refractivity (Wildman–Crippen MR) is 78.1 cm³/mol. The maximum absolute atomic E-state index is 5.79. The van der Waals surface area contributed by atoms with Gasteiger partial charge in [0.2, 0.25) is 0 Å². The molecule has 3 aromatic rings. The fraction of sp³-hybridized carbons (Fsp3) is 0.188. The molecule has 0 aliphatic heterocycles. The standard InChI is InChI=1S/C16H17N3/c17-9-8-13(12-5-2-1-3-6-12)15-11-19-16-14(15)7-4-10-18-16/h1-7,10-11,13H,8-9,17H2,(H,18,19). The van der Waals surface area contributed by atoms with Gasteiger partial charge in [-0.25, -0.2) is 4.98 Å². The summed E-state index contributed by atoms with van der Waals surface area (Å²) in [5, 5.41) is 1.19. The van der Waals surface area contributed by atoms with Crippen LogP contribution in [0.25, 0.3) is 11.0 Å². The molecule has 3 N–H and O–H groups in total. The molecule has 0 radical (unpaired) electrons. The lowest BCUT2D eigenvalue weighted by Crippen LogP contribution is -2.08. The van der Waals surface area contributed by atoms with Crippen LogP contribution in [0.2, 0.25) is 0 Å². The third kappa shape index (κ3) is 2.25. The number of aromatic nitrogens is 2. The quantitative estimate of drug-likeness (QED) is 0.748. The lowest BCUT2D eigenvalue weighted by atomic mass is 9.89. The van der Waals surface area contributed by atoms with Gasteiger partial charge in [0.1, 0.15) is 5.65 Å². The van der Waals surface area contributed by atoms with E-state index in [0.29, 0.717) is 12.5 Å². The van der Waals surface area contributed by atoms with E-state index in [1.165, 1.54) is 16.5 Å². The molecule has 3 rings (SSSR count). The zero-order valence-corrected chi connectivity index (χ0v) is 10.7. The topological polar surface area (TPSA) is 54.7 Å². The van der Waals surface area contributed by atoms with Crippen LogP contribution >= 0.6 is 0 Å². The molecule has 3 nitrogen and oxygen atoms in total. The maximum atomic E-state index is 5.79. The summed E-state index contributed by atoms with van der Waals surface area (Å²) in [4.78, 5) is 7.60. The summed E-state index contributed by atoms with van der Waals surface area (Å²) in [6.45, 7) is 0.673. The number of fused-ring (bicyclic) bond motifs is 1. The fourth-order valence-corrected chi connectivity index (χ4v) is 2.62. The van der Waals surface area contributed by atoms with Gasteiger partial charge in [0, 0.05) is 23.7 Å². The van der Waals surface area contributed by atoms with Crippen molar-refractivity contribution in [3.05, 3.63) is 66.0 Å². The highest BCUT2D eigenvalue weighted by Crippen LogP contribution is 2.32.